The van der Waals surface area contributed by atoms with Crippen LogP contribution in [0.4, 0.5) is 5.69 Å². The van der Waals surface area contributed by atoms with Crippen molar-refractivity contribution in [2.75, 3.05) is 31.3 Å². The van der Waals surface area contributed by atoms with E-state index in [-0.39, 0.29) is 18.1 Å². The number of benzene rings is 1. The van der Waals surface area contributed by atoms with Gasteiger partial charge in [0.1, 0.15) is 0 Å². The molecular weight excluding hydrogens is 320 g/mol. The molecule has 1 amide bonds. The number of rotatable bonds is 3. The van der Waals surface area contributed by atoms with Gasteiger partial charge in [-0.3, -0.25) is 9.69 Å². The average Bonchev–Trinajstić information content (AvgIpc) is 3.37. The third-order valence-electron chi connectivity index (χ3n) is 5.49. The molecular formula is C19H20N2O4. The highest BCUT2D eigenvalue weighted by Crippen LogP contribution is 2.44. The lowest BCUT2D eigenvalue weighted by Crippen LogP contribution is -2.31. The summed E-state index contributed by atoms with van der Waals surface area (Å²) >= 11 is 0. The first-order valence-corrected chi connectivity index (χ1v) is 8.64. The molecule has 6 nitrogen and oxygen atoms in total. The first kappa shape index (κ1) is 14.8. The van der Waals surface area contributed by atoms with Crippen molar-refractivity contribution in [3.8, 4) is 11.5 Å². The fourth-order valence-electron chi connectivity index (χ4n) is 4.26. The molecule has 2 fully saturated rings. The Morgan fingerprint density at radius 2 is 2.04 bits per heavy atom. The van der Waals surface area contributed by atoms with Crippen molar-refractivity contribution in [3.05, 3.63) is 42.4 Å². The van der Waals surface area contributed by atoms with Crippen molar-refractivity contribution < 1.29 is 18.7 Å². The molecule has 4 heterocycles. The van der Waals surface area contributed by atoms with Crippen molar-refractivity contribution in [1.29, 1.82) is 0 Å². The molecule has 2 aromatic rings. The second-order valence-corrected chi connectivity index (χ2v) is 7.29. The molecule has 2 saturated heterocycles. The Balaban J connectivity index is 1.32. The molecule has 0 saturated carbocycles. The molecule has 130 valence electrons. The number of carbonyl (C=O) groups excluding carboxylic acids is 1. The van der Waals surface area contributed by atoms with E-state index in [0.717, 1.165) is 49.8 Å². The van der Waals surface area contributed by atoms with Gasteiger partial charge in [0.25, 0.3) is 0 Å². The Hall–Kier alpha value is -2.47. The minimum absolute atomic E-state index is 0.0528. The summed E-state index contributed by atoms with van der Waals surface area (Å²) in [6.07, 6.45) is 5.17. The summed E-state index contributed by atoms with van der Waals surface area (Å²) in [5, 5.41) is 0. The lowest BCUT2D eigenvalue weighted by atomic mass is 9.86. The lowest BCUT2D eigenvalue weighted by Gasteiger charge is -2.24. The number of furan rings is 1. The van der Waals surface area contributed by atoms with Crippen molar-refractivity contribution in [3.63, 3.8) is 0 Å². The highest BCUT2D eigenvalue weighted by atomic mass is 16.7. The van der Waals surface area contributed by atoms with Crippen LogP contribution in [0.3, 0.4) is 0 Å². The van der Waals surface area contributed by atoms with E-state index in [1.54, 1.807) is 12.5 Å². The smallest absolute Gasteiger partial charge is 0.231 e. The van der Waals surface area contributed by atoms with E-state index in [0.29, 0.717) is 6.42 Å². The summed E-state index contributed by atoms with van der Waals surface area (Å²) in [6, 6.07) is 7.75. The van der Waals surface area contributed by atoms with Gasteiger partial charge in [-0.2, -0.15) is 0 Å². The van der Waals surface area contributed by atoms with Crippen molar-refractivity contribution >= 4 is 11.6 Å². The number of anilines is 1. The van der Waals surface area contributed by atoms with Crippen molar-refractivity contribution in [1.82, 2.24) is 4.90 Å². The molecule has 6 heteroatoms. The molecule has 0 N–H and O–H groups in total. The Morgan fingerprint density at radius 1 is 1.12 bits per heavy atom. The van der Waals surface area contributed by atoms with Gasteiger partial charge in [-0.1, -0.05) is 0 Å². The summed E-state index contributed by atoms with van der Waals surface area (Å²) in [5.41, 5.74) is 2.14. The number of likely N-dealkylation sites (tertiary alicyclic amines) is 1. The van der Waals surface area contributed by atoms with Crippen LogP contribution >= 0.6 is 0 Å². The van der Waals surface area contributed by atoms with Crippen LogP contribution in [-0.4, -0.2) is 37.2 Å². The van der Waals surface area contributed by atoms with E-state index in [1.165, 1.54) is 5.56 Å². The molecule has 0 aliphatic carbocycles. The first-order valence-electron chi connectivity index (χ1n) is 8.64. The van der Waals surface area contributed by atoms with Gasteiger partial charge in [0.2, 0.25) is 12.7 Å². The van der Waals surface area contributed by atoms with Crippen molar-refractivity contribution in [2.45, 2.75) is 19.4 Å². The van der Waals surface area contributed by atoms with Crippen LogP contribution < -0.4 is 14.4 Å². The SMILES string of the molecule is O=C1C[C@@]2(CCN(Cc3ccoc3)C2)CN1c1ccc2c(c1)OCO2. The molecule has 3 aliphatic rings. The first-order chi connectivity index (χ1) is 12.2. The van der Waals surface area contributed by atoms with E-state index < -0.39 is 0 Å². The molecule has 0 radical (unpaired) electrons. The summed E-state index contributed by atoms with van der Waals surface area (Å²) in [4.78, 5) is 17.0. The molecule has 1 aromatic heterocycles. The zero-order chi connectivity index (χ0) is 16.9. The van der Waals surface area contributed by atoms with E-state index >= 15 is 0 Å². The topological polar surface area (TPSA) is 55.2 Å². The molecule has 25 heavy (non-hydrogen) atoms. The third kappa shape index (κ3) is 2.57. The fourth-order valence-corrected chi connectivity index (χ4v) is 4.26. The number of ether oxygens (including phenoxy) is 2. The molecule has 3 aliphatic heterocycles. The van der Waals surface area contributed by atoms with Gasteiger partial charge in [0.15, 0.2) is 11.5 Å². The van der Waals surface area contributed by atoms with E-state index in [1.807, 2.05) is 29.2 Å². The highest BCUT2D eigenvalue weighted by molar-refractivity contribution is 5.96. The zero-order valence-corrected chi connectivity index (χ0v) is 13.9. The molecule has 0 bridgehead atoms. The fraction of sp³-hybridized carbons (Fsp3) is 0.421. The monoisotopic (exact) mass is 340 g/mol. The van der Waals surface area contributed by atoms with E-state index in [2.05, 4.69) is 4.90 Å². The molecule has 0 unspecified atom stereocenters. The number of carbonyl (C=O) groups is 1. The number of nitrogens with zero attached hydrogens (tertiary/aromatic N) is 2. The maximum absolute atomic E-state index is 12.7. The van der Waals surface area contributed by atoms with Gasteiger partial charge in [-0.15, -0.1) is 0 Å². The van der Waals surface area contributed by atoms with Crippen LogP contribution in [0.2, 0.25) is 0 Å². The second kappa shape index (κ2) is 5.52. The van der Waals surface area contributed by atoms with E-state index in [9.17, 15) is 4.79 Å². The predicted molar refractivity (Wildman–Crippen MR) is 90.6 cm³/mol. The van der Waals surface area contributed by atoms with Crippen LogP contribution in [-0.2, 0) is 11.3 Å². The van der Waals surface area contributed by atoms with Gasteiger partial charge >= 0.3 is 0 Å². The minimum atomic E-state index is 0.0528. The van der Waals surface area contributed by atoms with Gasteiger partial charge in [0, 0.05) is 48.8 Å². The Labute approximate surface area is 145 Å². The molecule has 5 rings (SSSR count). The number of fused-ring (bicyclic) bond motifs is 1. The van der Waals surface area contributed by atoms with Gasteiger partial charge in [-0.05, 0) is 31.2 Å². The lowest BCUT2D eigenvalue weighted by molar-refractivity contribution is -0.117. The van der Waals surface area contributed by atoms with Crippen LogP contribution in [0.15, 0.2) is 41.2 Å². The summed E-state index contributed by atoms with van der Waals surface area (Å²) in [5.74, 6) is 1.67. The number of amides is 1. The van der Waals surface area contributed by atoms with Gasteiger partial charge < -0.3 is 18.8 Å². The Bertz CT molecular complexity index is 804. The quantitative estimate of drug-likeness (QED) is 0.860. The summed E-state index contributed by atoms with van der Waals surface area (Å²) in [6.45, 7) is 3.88. The van der Waals surface area contributed by atoms with Crippen LogP contribution in [0, 0.1) is 5.41 Å². The standard InChI is InChI=1S/C19H20N2O4/c22-18-8-19(4-5-20(11-19)9-14-3-6-23-10-14)12-21(18)15-1-2-16-17(7-15)25-13-24-16/h1-3,6-7,10H,4-5,8-9,11-13H2/t19-/m1/s1. The van der Waals surface area contributed by atoms with Gasteiger partial charge in [0.05, 0.1) is 12.5 Å². The largest absolute Gasteiger partial charge is 0.472 e. The van der Waals surface area contributed by atoms with Crippen LogP contribution in [0.25, 0.3) is 0 Å². The van der Waals surface area contributed by atoms with Gasteiger partial charge in [-0.25, -0.2) is 0 Å². The summed E-state index contributed by atoms with van der Waals surface area (Å²) < 4.78 is 16.0. The Morgan fingerprint density at radius 3 is 2.92 bits per heavy atom. The maximum atomic E-state index is 12.7. The zero-order valence-electron chi connectivity index (χ0n) is 13.9. The average molecular weight is 340 g/mol. The van der Waals surface area contributed by atoms with E-state index in [4.69, 9.17) is 13.9 Å². The molecule has 1 aromatic carbocycles. The predicted octanol–water partition coefficient (Wildman–Crippen LogP) is 2.64. The maximum Gasteiger partial charge on any atom is 0.231 e. The van der Waals surface area contributed by atoms with Crippen LogP contribution in [0.5, 0.6) is 11.5 Å². The summed E-state index contributed by atoms with van der Waals surface area (Å²) in [7, 11) is 0. The van der Waals surface area contributed by atoms with Crippen molar-refractivity contribution in [2.24, 2.45) is 5.41 Å². The third-order valence-corrected chi connectivity index (χ3v) is 5.49. The number of hydrogen-bond acceptors (Lipinski definition) is 5. The minimum Gasteiger partial charge on any atom is -0.472 e. The highest BCUT2D eigenvalue weighted by Gasteiger charge is 2.47. The Kier molecular flexibility index (Phi) is 3.28. The second-order valence-electron chi connectivity index (χ2n) is 7.29. The molecule has 1 atom stereocenters. The normalized spacial score (nSPS) is 25.4. The molecule has 1 spiro atoms. The van der Waals surface area contributed by atoms with Crippen LogP contribution in [0.1, 0.15) is 18.4 Å². The number of hydrogen-bond donors (Lipinski definition) is 0.